The first-order valence-corrected chi connectivity index (χ1v) is 9.01. The lowest BCUT2D eigenvalue weighted by molar-refractivity contribution is 0.311. The molecule has 1 N–H and O–H groups in total. The van der Waals surface area contributed by atoms with Gasteiger partial charge >= 0.3 is 0 Å². The molecule has 0 heterocycles. The molecule has 0 spiro atoms. The minimum Gasteiger partial charge on any atom is -0.316 e. The molecule has 2 heteroatoms. The van der Waals surface area contributed by atoms with E-state index in [-0.39, 0.29) is 0 Å². The molecule has 1 atom stereocenters. The van der Waals surface area contributed by atoms with Crippen molar-refractivity contribution in [3.05, 3.63) is 34.3 Å². The summed E-state index contributed by atoms with van der Waals surface area (Å²) >= 11 is 3.51. The molecule has 0 aliphatic carbocycles. The number of hydrogen-bond acceptors (Lipinski definition) is 1. The molecular formula is C19H32BrN. The van der Waals surface area contributed by atoms with E-state index >= 15 is 0 Å². The zero-order valence-corrected chi connectivity index (χ0v) is 16.0. The van der Waals surface area contributed by atoms with E-state index in [1.54, 1.807) is 0 Å². The van der Waals surface area contributed by atoms with Crippen molar-refractivity contribution in [1.29, 1.82) is 0 Å². The Morgan fingerprint density at radius 3 is 2.19 bits per heavy atom. The Labute approximate surface area is 140 Å². The van der Waals surface area contributed by atoms with Gasteiger partial charge in [-0.2, -0.15) is 0 Å². The molecule has 0 bridgehead atoms. The Hall–Kier alpha value is -0.340. The molecule has 1 rings (SSSR count). The highest BCUT2D eigenvalue weighted by Crippen LogP contribution is 2.25. The molecule has 0 aliphatic heterocycles. The summed E-state index contributed by atoms with van der Waals surface area (Å²) in [6.45, 7) is 13.8. The van der Waals surface area contributed by atoms with Gasteiger partial charge in [-0.05, 0) is 67.3 Å². The Bertz CT molecular complexity index is 389. The molecule has 21 heavy (non-hydrogen) atoms. The maximum atomic E-state index is 3.64. The molecule has 0 amide bonds. The topological polar surface area (TPSA) is 12.0 Å². The van der Waals surface area contributed by atoms with Crippen LogP contribution in [0.2, 0.25) is 0 Å². The van der Waals surface area contributed by atoms with E-state index in [0.29, 0.717) is 5.41 Å². The third-order valence-electron chi connectivity index (χ3n) is 3.73. The molecule has 0 fully saturated rings. The average molecular weight is 354 g/mol. The van der Waals surface area contributed by atoms with E-state index in [2.05, 4.69) is 80.1 Å². The summed E-state index contributed by atoms with van der Waals surface area (Å²) in [5, 5.41) is 3.64. The normalized spacial score (nSPS) is 13.7. The third-order valence-corrected chi connectivity index (χ3v) is 4.25. The lowest BCUT2D eigenvalue weighted by atomic mass is 9.84. The first-order chi connectivity index (χ1) is 9.76. The number of rotatable bonds is 8. The van der Waals surface area contributed by atoms with E-state index < -0.39 is 0 Å². The van der Waals surface area contributed by atoms with Gasteiger partial charge < -0.3 is 5.32 Å². The quantitative estimate of drug-likeness (QED) is 0.633. The van der Waals surface area contributed by atoms with Crippen molar-refractivity contribution in [1.82, 2.24) is 5.32 Å². The highest BCUT2D eigenvalue weighted by molar-refractivity contribution is 9.10. The second-order valence-electron chi connectivity index (χ2n) is 7.85. The van der Waals surface area contributed by atoms with Crippen LogP contribution in [0.15, 0.2) is 28.7 Å². The number of hydrogen-bond donors (Lipinski definition) is 1. The summed E-state index contributed by atoms with van der Waals surface area (Å²) in [7, 11) is 0. The Morgan fingerprint density at radius 1 is 1.05 bits per heavy atom. The molecule has 1 aromatic carbocycles. The van der Waals surface area contributed by atoms with Gasteiger partial charge in [0, 0.05) is 4.47 Å². The van der Waals surface area contributed by atoms with Gasteiger partial charge in [-0.15, -0.1) is 0 Å². The lowest BCUT2D eigenvalue weighted by Gasteiger charge is -2.24. The van der Waals surface area contributed by atoms with Crippen LogP contribution >= 0.6 is 15.9 Å². The lowest BCUT2D eigenvalue weighted by Crippen LogP contribution is -2.28. The average Bonchev–Trinajstić information content (AvgIpc) is 2.37. The highest BCUT2D eigenvalue weighted by atomic mass is 79.9. The van der Waals surface area contributed by atoms with Gasteiger partial charge in [-0.1, -0.05) is 62.7 Å². The Kier molecular flexibility index (Phi) is 7.97. The molecule has 0 aromatic heterocycles. The van der Waals surface area contributed by atoms with Crippen LogP contribution < -0.4 is 5.32 Å². The Morgan fingerprint density at radius 2 is 1.67 bits per heavy atom. The van der Waals surface area contributed by atoms with Crippen LogP contribution in [0.3, 0.4) is 0 Å². The van der Waals surface area contributed by atoms with E-state index in [0.717, 1.165) is 29.4 Å². The second-order valence-corrected chi connectivity index (χ2v) is 8.76. The van der Waals surface area contributed by atoms with E-state index in [1.807, 2.05) is 0 Å². The van der Waals surface area contributed by atoms with Crippen molar-refractivity contribution in [2.24, 2.45) is 17.3 Å². The first kappa shape index (κ1) is 18.7. The molecule has 1 nitrogen and oxygen atoms in total. The highest BCUT2D eigenvalue weighted by Gasteiger charge is 2.16. The molecule has 1 unspecified atom stereocenters. The summed E-state index contributed by atoms with van der Waals surface area (Å²) in [4.78, 5) is 0. The summed E-state index contributed by atoms with van der Waals surface area (Å²) < 4.78 is 1.16. The van der Waals surface area contributed by atoms with E-state index in [9.17, 15) is 0 Å². The largest absolute Gasteiger partial charge is 0.316 e. The summed E-state index contributed by atoms with van der Waals surface area (Å²) in [6, 6.07) is 8.79. The maximum absolute atomic E-state index is 3.64. The van der Waals surface area contributed by atoms with Gasteiger partial charge in [0.1, 0.15) is 0 Å². The predicted molar refractivity (Wildman–Crippen MR) is 97.7 cm³/mol. The van der Waals surface area contributed by atoms with Crippen LogP contribution in [0.4, 0.5) is 0 Å². The molecule has 1 aromatic rings. The van der Waals surface area contributed by atoms with Crippen molar-refractivity contribution in [2.75, 3.05) is 13.1 Å². The van der Waals surface area contributed by atoms with Crippen molar-refractivity contribution < 1.29 is 0 Å². The van der Waals surface area contributed by atoms with Gasteiger partial charge in [-0.25, -0.2) is 0 Å². The monoisotopic (exact) mass is 353 g/mol. The summed E-state index contributed by atoms with van der Waals surface area (Å²) in [6.07, 6.45) is 3.76. The van der Waals surface area contributed by atoms with Crippen LogP contribution in [-0.4, -0.2) is 13.1 Å². The molecule has 0 saturated heterocycles. The zero-order valence-electron chi connectivity index (χ0n) is 14.4. The zero-order chi connectivity index (χ0) is 15.9. The fourth-order valence-corrected chi connectivity index (χ4v) is 2.71. The molecular weight excluding hydrogens is 322 g/mol. The van der Waals surface area contributed by atoms with Gasteiger partial charge in [0.05, 0.1) is 0 Å². The fourth-order valence-electron chi connectivity index (χ4n) is 2.44. The SMILES string of the molecule is CC(C)CNCC(CCC(C)(C)C)Cc1ccc(Br)cc1. The number of benzene rings is 1. The molecule has 0 radical (unpaired) electrons. The Balaban J connectivity index is 2.55. The molecule has 0 saturated carbocycles. The van der Waals surface area contributed by atoms with Crippen LogP contribution in [0.1, 0.15) is 53.0 Å². The number of halogens is 1. The summed E-state index contributed by atoms with van der Waals surface area (Å²) in [5.74, 6) is 1.45. The summed E-state index contributed by atoms with van der Waals surface area (Å²) in [5.41, 5.74) is 1.87. The minimum atomic E-state index is 0.427. The molecule has 0 aliphatic rings. The van der Waals surface area contributed by atoms with Crippen molar-refractivity contribution in [3.63, 3.8) is 0 Å². The van der Waals surface area contributed by atoms with Gasteiger partial charge in [0.15, 0.2) is 0 Å². The van der Waals surface area contributed by atoms with Gasteiger partial charge in [0.2, 0.25) is 0 Å². The second kappa shape index (κ2) is 8.95. The van der Waals surface area contributed by atoms with E-state index in [4.69, 9.17) is 0 Å². The first-order valence-electron chi connectivity index (χ1n) is 8.21. The van der Waals surface area contributed by atoms with E-state index in [1.165, 1.54) is 24.8 Å². The van der Waals surface area contributed by atoms with Crippen LogP contribution in [-0.2, 0) is 6.42 Å². The van der Waals surface area contributed by atoms with Gasteiger partial charge in [-0.3, -0.25) is 0 Å². The van der Waals surface area contributed by atoms with Crippen LogP contribution in [0, 0.1) is 17.3 Å². The molecule has 120 valence electrons. The van der Waals surface area contributed by atoms with Gasteiger partial charge in [0.25, 0.3) is 0 Å². The predicted octanol–water partition coefficient (Wildman–Crippen LogP) is 5.68. The van der Waals surface area contributed by atoms with Crippen molar-refractivity contribution in [3.8, 4) is 0 Å². The minimum absolute atomic E-state index is 0.427. The fraction of sp³-hybridized carbons (Fsp3) is 0.684. The van der Waals surface area contributed by atoms with Crippen molar-refractivity contribution >= 4 is 15.9 Å². The van der Waals surface area contributed by atoms with Crippen LogP contribution in [0.5, 0.6) is 0 Å². The maximum Gasteiger partial charge on any atom is 0.0175 e. The smallest absolute Gasteiger partial charge is 0.0175 e. The number of nitrogens with one attached hydrogen (secondary N) is 1. The van der Waals surface area contributed by atoms with Crippen LogP contribution in [0.25, 0.3) is 0 Å². The standard InChI is InChI=1S/C19H32BrN/c1-15(2)13-21-14-17(10-11-19(3,4)5)12-16-6-8-18(20)9-7-16/h6-9,15,17,21H,10-14H2,1-5H3. The van der Waals surface area contributed by atoms with Crippen molar-refractivity contribution in [2.45, 2.75) is 53.9 Å². The third kappa shape index (κ3) is 9.31.